The Bertz CT molecular complexity index is 297. The third kappa shape index (κ3) is 4.07. The quantitative estimate of drug-likeness (QED) is 0.864. The molecular formula is C14H27ClN2O2. The van der Waals surface area contributed by atoms with E-state index >= 15 is 0 Å². The average Bonchev–Trinajstić information content (AvgIpc) is 2.36. The highest BCUT2D eigenvalue weighted by atomic mass is 35.5. The summed E-state index contributed by atoms with van der Waals surface area (Å²) < 4.78 is 5.79. The van der Waals surface area contributed by atoms with Crippen LogP contribution in [0.5, 0.6) is 0 Å². The molecule has 1 saturated heterocycles. The molecule has 1 amide bonds. The van der Waals surface area contributed by atoms with Crippen molar-refractivity contribution in [1.82, 2.24) is 4.90 Å². The maximum atomic E-state index is 12.4. The summed E-state index contributed by atoms with van der Waals surface area (Å²) in [7, 11) is 0. The van der Waals surface area contributed by atoms with E-state index in [9.17, 15) is 4.79 Å². The second-order valence-corrected chi connectivity index (χ2v) is 6.03. The van der Waals surface area contributed by atoms with Crippen molar-refractivity contribution in [3.63, 3.8) is 0 Å². The number of nitrogens with zero attached hydrogens (tertiary/aromatic N) is 1. The Hall–Kier alpha value is -0.320. The molecular weight excluding hydrogens is 264 g/mol. The molecule has 3 atom stereocenters. The van der Waals surface area contributed by atoms with Crippen LogP contribution < -0.4 is 5.73 Å². The number of carbonyl (C=O) groups excluding carboxylic acids is 1. The van der Waals surface area contributed by atoms with E-state index in [4.69, 9.17) is 10.5 Å². The monoisotopic (exact) mass is 290 g/mol. The maximum absolute atomic E-state index is 12.4. The molecule has 4 nitrogen and oxygen atoms in total. The predicted octanol–water partition coefficient (Wildman–Crippen LogP) is 1.95. The van der Waals surface area contributed by atoms with Gasteiger partial charge in [0.05, 0.1) is 24.8 Å². The van der Waals surface area contributed by atoms with Gasteiger partial charge in [-0.05, 0) is 25.2 Å². The zero-order valence-corrected chi connectivity index (χ0v) is 12.8. The normalized spacial score (nSPS) is 28.5. The first-order valence-corrected chi connectivity index (χ1v) is 7.27. The first kappa shape index (κ1) is 16.7. The lowest BCUT2D eigenvalue weighted by Gasteiger charge is -2.44. The SMILES string of the molecule is CC(C)C[C@H](N)C(=O)N1CCOC2CCCCC21.Cl. The fraction of sp³-hybridized carbons (Fsp3) is 0.929. The van der Waals surface area contributed by atoms with Gasteiger partial charge in [-0.2, -0.15) is 0 Å². The van der Waals surface area contributed by atoms with Crippen molar-refractivity contribution < 1.29 is 9.53 Å². The van der Waals surface area contributed by atoms with Gasteiger partial charge in [-0.25, -0.2) is 0 Å². The van der Waals surface area contributed by atoms with E-state index in [0.717, 1.165) is 19.3 Å². The Balaban J connectivity index is 0.00000180. The summed E-state index contributed by atoms with van der Waals surface area (Å²) in [5, 5.41) is 0. The molecule has 0 aromatic carbocycles. The zero-order chi connectivity index (χ0) is 13.1. The smallest absolute Gasteiger partial charge is 0.239 e. The average molecular weight is 291 g/mol. The zero-order valence-electron chi connectivity index (χ0n) is 12.0. The molecule has 1 saturated carbocycles. The minimum Gasteiger partial charge on any atom is -0.374 e. The van der Waals surface area contributed by atoms with Gasteiger partial charge in [-0.15, -0.1) is 12.4 Å². The second kappa shape index (κ2) is 7.46. The van der Waals surface area contributed by atoms with Crippen LogP contribution in [0.15, 0.2) is 0 Å². The number of rotatable bonds is 3. The number of carbonyl (C=O) groups is 1. The lowest BCUT2D eigenvalue weighted by atomic mass is 9.89. The Labute approximate surface area is 122 Å². The molecule has 2 fully saturated rings. The summed E-state index contributed by atoms with van der Waals surface area (Å²) in [6.07, 6.45) is 5.61. The fourth-order valence-corrected chi connectivity index (χ4v) is 3.19. The minimum absolute atomic E-state index is 0. The first-order valence-electron chi connectivity index (χ1n) is 7.27. The van der Waals surface area contributed by atoms with E-state index < -0.39 is 0 Å². The Kier molecular flexibility index (Phi) is 6.57. The van der Waals surface area contributed by atoms with Crippen LogP contribution in [-0.4, -0.2) is 42.1 Å². The molecule has 112 valence electrons. The summed E-state index contributed by atoms with van der Waals surface area (Å²) in [5.74, 6) is 0.594. The number of halogens is 1. The summed E-state index contributed by atoms with van der Waals surface area (Å²) in [4.78, 5) is 14.4. The van der Waals surface area contributed by atoms with Crippen molar-refractivity contribution >= 4 is 18.3 Å². The van der Waals surface area contributed by atoms with Crippen molar-refractivity contribution in [2.45, 2.75) is 64.1 Å². The fourth-order valence-electron chi connectivity index (χ4n) is 3.19. The molecule has 19 heavy (non-hydrogen) atoms. The highest BCUT2D eigenvalue weighted by Crippen LogP contribution is 2.29. The topological polar surface area (TPSA) is 55.6 Å². The highest BCUT2D eigenvalue weighted by molar-refractivity contribution is 5.85. The third-order valence-corrected chi connectivity index (χ3v) is 4.06. The largest absolute Gasteiger partial charge is 0.374 e. The van der Waals surface area contributed by atoms with Crippen LogP contribution in [0.25, 0.3) is 0 Å². The van der Waals surface area contributed by atoms with Crippen LogP contribution in [0.1, 0.15) is 46.0 Å². The molecule has 2 rings (SSSR count). The van der Waals surface area contributed by atoms with Crippen molar-refractivity contribution in [2.24, 2.45) is 11.7 Å². The van der Waals surface area contributed by atoms with E-state index in [1.807, 2.05) is 4.90 Å². The molecule has 5 heteroatoms. The van der Waals surface area contributed by atoms with E-state index in [0.29, 0.717) is 19.1 Å². The molecule has 0 radical (unpaired) electrons. The molecule has 2 N–H and O–H groups in total. The van der Waals surface area contributed by atoms with E-state index in [1.165, 1.54) is 12.8 Å². The predicted molar refractivity (Wildman–Crippen MR) is 78.4 cm³/mol. The van der Waals surface area contributed by atoms with Crippen molar-refractivity contribution in [3.8, 4) is 0 Å². The van der Waals surface area contributed by atoms with Gasteiger partial charge in [-0.3, -0.25) is 4.79 Å². The number of hydrogen-bond acceptors (Lipinski definition) is 3. The number of ether oxygens (including phenoxy) is 1. The van der Waals surface area contributed by atoms with E-state index in [2.05, 4.69) is 13.8 Å². The van der Waals surface area contributed by atoms with Crippen molar-refractivity contribution in [1.29, 1.82) is 0 Å². The van der Waals surface area contributed by atoms with Gasteiger partial charge in [0.2, 0.25) is 5.91 Å². The number of nitrogens with two attached hydrogens (primary N) is 1. The maximum Gasteiger partial charge on any atom is 0.239 e. The van der Waals surface area contributed by atoms with Crippen LogP contribution in [0.4, 0.5) is 0 Å². The molecule has 1 aliphatic heterocycles. The lowest BCUT2D eigenvalue weighted by Crippen LogP contribution is -2.58. The van der Waals surface area contributed by atoms with Crippen LogP contribution >= 0.6 is 12.4 Å². The van der Waals surface area contributed by atoms with Crippen LogP contribution in [0.2, 0.25) is 0 Å². The summed E-state index contributed by atoms with van der Waals surface area (Å²) in [6, 6.07) is -0.0658. The third-order valence-electron chi connectivity index (χ3n) is 4.06. The summed E-state index contributed by atoms with van der Waals surface area (Å²) in [5.41, 5.74) is 6.04. The molecule has 0 bridgehead atoms. The van der Waals surface area contributed by atoms with Crippen LogP contribution in [0.3, 0.4) is 0 Å². The lowest BCUT2D eigenvalue weighted by molar-refractivity contribution is -0.151. The number of hydrogen-bond donors (Lipinski definition) is 1. The van der Waals surface area contributed by atoms with Crippen molar-refractivity contribution in [2.75, 3.05) is 13.2 Å². The standard InChI is InChI=1S/C14H26N2O2.ClH/c1-10(2)9-11(15)14(17)16-7-8-18-13-6-4-3-5-12(13)16;/h10-13H,3-9,15H2,1-2H3;1H/t11-,12?,13?;/m0./s1. The molecule has 1 heterocycles. The van der Waals surface area contributed by atoms with Crippen LogP contribution in [0, 0.1) is 5.92 Å². The van der Waals surface area contributed by atoms with Gasteiger partial charge in [-0.1, -0.05) is 26.7 Å². The molecule has 0 spiro atoms. The highest BCUT2D eigenvalue weighted by Gasteiger charge is 2.38. The number of morpholine rings is 1. The number of amides is 1. The van der Waals surface area contributed by atoms with Gasteiger partial charge in [0.15, 0.2) is 0 Å². The summed E-state index contributed by atoms with van der Waals surface area (Å²) >= 11 is 0. The number of fused-ring (bicyclic) bond motifs is 1. The van der Waals surface area contributed by atoms with E-state index in [1.54, 1.807) is 0 Å². The molecule has 2 unspecified atom stereocenters. The Morgan fingerprint density at radius 3 is 2.74 bits per heavy atom. The summed E-state index contributed by atoms with van der Waals surface area (Å²) in [6.45, 7) is 5.60. The van der Waals surface area contributed by atoms with Crippen LogP contribution in [-0.2, 0) is 9.53 Å². The van der Waals surface area contributed by atoms with Gasteiger partial charge < -0.3 is 15.4 Å². The Morgan fingerprint density at radius 2 is 2.05 bits per heavy atom. The van der Waals surface area contributed by atoms with Gasteiger partial charge in [0, 0.05) is 6.54 Å². The van der Waals surface area contributed by atoms with E-state index in [-0.39, 0.29) is 36.5 Å². The second-order valence-electron chi connectivity index (χ2n) is 6.03. The molecule has 0 aromatic rings. The van der Waals surface area contributed by atoms with Crippen molar-refractivity contribution in [3.05, 3.63) is 0 Å². The molecule has 2 aliphatic rings. The minimum atomic E-state index is -0.342. The molecule has 0 aromatic heterocycles. The van der Waals surface area contributed by atoms with Gasteiger partial charge in [0.25, 0.3) is 0 Å². The Morgan fingerprint density at radius 1 is 1.37 bits per heavy atom. The van der Waals surface area contributed by atoms with Gasteiger partial charge in [0.1, 0.15) is 0 Å². The molecule has 1 aliphatic carbocycles. The van der Waals surface area contributed by atoms with Gasteiger partial charge >= 0.3 is 0 Å². The first-order chi connectivity index (χ1) is 8.59.